The highest BCUT2D eigenvalue weighted by Gasteiger charge is 2.42. The van der Waals surface area contributed by atoms with Gasteiger partial charge in [-0.15, -0.1) is 0 Å². The molecule has 0 aliphatic carbocycles. The highest BCUT2D eigenvalue weighted by atomic mass is 32.1. The molecule has 2 aromatic heterocycles. The zero-order valence-electron chi connectivity index (χ0n) is 16.0. The summed E-state index contributed by atoms with van der Waals surface area (Å²) in [6.45, 7) is 2.04. The van der Waals surface area contributed by atoms with E-state index >= 15 is 0 Å². The van der Waals surface area contributed by atoms with Crippen LogP contribution >= 0.6 is 12.2 Å². The molecule has 6 nitrogen and oxygen atoms in total. The quantitative estimate of drug-likeness (QED) is 0.640. The molecule has 144 valence electrons. The van der Waals surface area contributed by atoms with Gasteiger partial charge in [-0.2, -0.15) is 0 Å². The number of methoxy groups -OCH3 is 2. The van der Waals surface area contributed by atoms with Crippen LogP contribution in [0.1, 0.15) is 29.2 Å². The molecule has 0 spiro atoms. The van der Waals surface area contributed by atoms with Gasteiger partial charge < -0.3 is 24.7 Å². The minimum absolute atomic E-state index is 0.0986. The number of pyridine rings is 1. The number of aryl methyl sites for hydroxylation is 1. The monoisotopic (exact) mass is 394 g/mol. The van der Waals surface area contributed by atoms with Crippen molar-refractivity contribution in [3.8, 4) is 11.5 Å². The zero-order valence-corrected chi connectivity index (χ0v) is 16.8. The number of H-pyrrole nitrogens is 1. The second-order valence-electron chi connectivity index (χ2n) is 6.63. The molecular weight excluding hydrogens is 372 g/mol. The van der Waals surface area contributed by atoms with Crippen molar-refractivity contribution in [2.45, 2.75) is 19.0 Å². The molecule has 3 aromatic rings. The molecule has 0 unspecified atom stereocenters. The summed E-state index contributed by atoms with van der Waals surface area (Å²) in [7, 11) is 3.28. The molecule has 0 saturated carbocycles. The van der Waals surface area contributed by atoms with Crippen molar-refractivity contribution in [1.29, 1.82) is 0 Å². The van der Waals surface area contributed by atoms with Gasteiger partial charge in [-0.1, -0.05) is 6.07 Å². The molecule has 0 radical (unpaired) electrons. The van der Waals surface area contributed by atoms with Crippen LogP contribution in [-0.4, -0.2) is 29.3 Å². The van der Waals surface area contributed by atoms with E-state index in [-0.39, 0.29) is 12.1 Å². The Morgan fingerprint density at radius 2 is 1.93 bits per heavy atom. The van der Waals surface area contributed by atoms with Gasteiger partial charge in [0.1, 0.15) is 17.5 Å². The maximum atomic E-state index is 5.74. The third kappa shape index (κ3) is 3.18. The van der Waals surface area contributed by atoms with E-state index in [9.17, 15) is 0 Å². The maximum absolute atomic E-state index is 5.74. The van der Waals surface area contributed by atoms with Crippen LogP contribution in [0.3, 0.4) is 0 Å². The highest BCUT2D eigenvalue weighted by Crippen LogP contribution is 2.44. The fraction of sp³-hybridized carbons (Fsp3) is 0.238. The van der Waals surface area contributed by atoms with Gasteiger partial charge >= 0.3 is 0 Å². The average Bonchev–Trinajstić information content (AvgIpc) is 3.30. The van der Waals surface area contributed by atoms with Crippen molar-refractivity contribution in [1.82, 2.24) is 15.3 Å². The van der Waals surface area contributed by atoms with Crippen LogP contribution < -0.4 is 19.7 Å². The summed E-state index contributed by atoms with van der Waals surface area (Å²) in [5.74, 6) is 1.42. The third-order valence-corrected chi connectivity index (χ3v) is 5.23. The number of nitrogens with zero attached hydrogens (tertiary/aromatic N) is 2. The number of anilines is 1. The number of nitrogens with one attached hydrogen (secondary N) is 2. The molecule has 3 heterocycles. The Morgan fingerprint density at radius 3 is 2.57 bits per heavy atom. The topological polar surface area (TPSA) is 62.4 Å². The molecule has 1 saturated heterocycles. The normalized spacial score (nSPS) is 18.8. The number of aromatic amines is 1. The van der Waals surface area contributed by atoms with E-state index in [4.69, 9.17) is 21.7 Å². The largest absolute Gasteiger partial charge is 0.497 e. The Balaban J connectivity index is 1.84. The standard InChI is InChI=1S/C21H22N4O2S/c1-13-7-9-16(23-13)20-19(15-6-4-5-11-22-15)24-21(28)25(20)17-10-8-14(26-2)12-18(17)27-3/h4-12,19-20,23H,1-3H3,(H,24,28)/t19-,20-/m0/s1. The molecule has 1 aromatic carbocycles. The Hall–Kier alpha value is -3.06. The second-order valence-corrected chi connectivity index (χ2v) is 7.02. The SMILES string of the molecule is COc1ccc(N2C(=S)N[C@@H](c3ccccn3)[C@@H]2c2ccc(C)[nH]2)c(OC)c1. The molecule has 2 atom stereocenters. The van der Waals surface area contributed by atoms with E-state index < -0.39 is 0 Å². The summed E-state index contributed by atoms with van der Waals surface area (Å²) < 4.78 is 11.0. The number of thiocarbonyl (C=S) groups is 1. The van der Waals surface area contributed by atoms with E-state index in [1.54, 1.807) is 20.4 Å². The first-order valence-electron chi connectivity index (χ1n) is 9.00. The first kappa shape index (κ1) is 18.3. The molecule has 28 heavy (non-hydrogen) atoms. The van der Waals surface area contributed by atoms with Gasteiger partial charge in [-0.05, 0) is 55.5 Å². The smallest absolute Gasteiger partial charge is 0.174 e. The number of hydrogen-bond acceptors (Lipinski definition) is 4. The lowest BCUT2D eigenvalue weighted by molar-refractivity contribution is 0.394. The summed E-state index contributed by atoms with van der Waals surface area (Å²) >= 11 is 5.74. The fourth-order valence-corrected chi connectivity index (χ4v) is 3.95. The van der Waals surface area contributed by atoms with E-state index in [0.29, 0.717) is 10.9 Å². The molecule has 1 aliphatic rings. The van der Waals surface area contributed by atoms with Gasteiger partial charge in [0.2, 0.25) is 0 Å². The highest BCUT2D eigenvalue weighted by molar-refractivity contribution is 7.80. The summed E-state index contributed by atoms with van der Waals surface area (Å²) in [6.07, 6.45) is 1.80. The molecule has 7 heteroatoms. The van der Waals surface area contributed by atoms with E-state index in [0.717, 1.165) is 28.5 Å². The Morgan fingerprint density at radius 1 is 1.07 bits per heavy atom. The first-order valence-corrected chi connectivity index (χ1v) is 9.41. The summed E-state index contributed by atoms with van der Waals surface area (Å²) in [4.78, 5) is 10.1. The second kappa shape index (κ2) is 7.52. The van der Waals surface area contributed by atoms with Crippen molar-refractivity contribution in [2.24, 2.45) is 0 Å². The number of aromatic nitrogens is 2. The van der Waals surface area contributed by atoms with Crippen LogP contribution in [0.25, 0.3) is 0 Å². The van der Waals surface area contributed by atoms with E-state index in [2.05, 4.69) is 32.3 Å². The predicted molar refractivity (Wildman–Crippen MR) is 113 cm³/mol. The first-order chi connectivity index (χ1) is 13.6. The number of hydrogen-bond donors (Lipinski definition) is 2. The minimum atomic E-state index is -0.0987. The molecule has 0 amide bonds. The molecule has 4 rings (SSSR count). The van der Waals surface area contributed by atoms with Crippen LogP contribution in [0, 0.1) is 6.92 Å². The van der Waals surface area contributed by atoms with Gasteiger partial charge in [0.05, 0.1) is 31.6 Å². The van der Waals surface area contributed by atoms with E-state index in [1.807, 2.05) is 43.3 Å². The summed E-state index contributed by atoms with van der Waals surface area (Å²) in [5.41, 5.74) is 3.95. The molecule has 0 bridgehead atoms. The van der Waals surface area contributed by atoms with Crippen molar-refractivity contribution in [3.63, 3.8) is 0 Å². The molecule has 2 N–H and O–H groups in total. The lowest BCUT2D eigenvalue weighted by Gasteiger charge is -2.28. The number of ether oxygens (including phenoxy) is 2. The van der Waals surface area contributed by atoms with Crippen LogP contribution in [-0.2, 0) is 0 Å². The minimum Gasteiger partial charge on any atom is -0.497 e. The Labute approximate surface area is 169 Å². The molecule has 1 fully saturated rings. The molecule has 1 aliphatic heterocycles. The van der Waals surface area contributed by atoms with Crippen molar-refractivity contribution in [2.75, 3.05) is 19.1 Å². The number of rotatable bonds is 5. The van der Waals surface area contributed by atoms with Crippen LogP contribution in [0.5, 0.6) is 11.5 Å². The molecular formula is C21H22N4O2S. The zero-order chi connectivity index (χ0) is 19.7. The lowest BCUT2D eigenvalue weighted by Crippen LogP contribution is -2.30. The Bertz CT molecular complexity index is 989. The Kier molecular flexibility index (Phi) is 4.92. The van der Waals surface area contributed by atoms with Gasteiger partial charge in [-0.25, -0.2) is 0 Å². The van der Waals surface area contributed by atoms with Gasteiger partial charge in [0.15, 0.2) is 5.11 Å². The van der Waals surface area contributed by atoms with Crippen molar-refractivity contribution < 1.29 is 9.47 Å². The van der Waals surface area contributed by atoms with Gasteiger partial charge in [-0.3, -0.25) is 4.98 Å². The fourth-order valence-electron chi connectivity index (χ4n) is 3.61. The predicted octanol–water partition coefficient (Wildman–Crippen LogP) is 3.91. The van der Waals surface area contributed by atoms with Crippen LogP contribution in [0.4, 0.5) is 5.69 Å². The summed E-state index contributed by atoms with van der Waals surface area (Å²) in [6, 6.07) is 15.6. The third-order valence-electron chi connectivity index (χ3n) is 4.92. The number of benzene rings is 1. The van der Waals surface area contributed by atoms with Crippen LogP contribution in [0.15, 0.2) is 54.7 Å². The van der Waals surface area contributed by atoms with Crippen molar-refractivity contribution in [3.05, 3.63) is 71.8 Å². The lowest BCUT2D eigenvalue weighted by atomic mass is 10.0. The average molecular weight is 395 g/mol. The maximum Gasteiger partial charge on any atom is 0.174 e. The van der Waals surface area contributed by atoms with Gasteiger partial charge in [0, 0.05) is 23.7 Å². The van der Waals surface area contributed by atoms with E-state index in [1.165, 1.54) is 0 Å². The summed E-state index contributed by atoms with van der Waals surface area (Å²) in [5, 5.41) is 4.07. The van der Waals surface area contributed by atoms with Gasteiger partial charge in [0.25, 0.3) is 0 Å². The van der Waals surface area contributed by atoms with Crippen molar-refractivity contribution >= 4 is 23.0 Å². The van der Waals surface area contributed by atoms with Crippen LogP contribution in [0.2, 0.25) is 0 Å².